The molecule has 0 aliphatic rings. The summed E-state index contributed by atoms with van der Waals surface area (Å²) in [7, 11) is 3.24. The van der Waals surface area contributed by atoms with Crippen LogP contribution in [0.4, 0.5) is 0 Å². The van der Waals surface area contributed by atoms with E-state index in [0.717, 1.165) is 29.7 Å². The Morgan fingerprint density at radius 3 is 2.45 bits per heavy atom. The molecule has 2 aromatic carbocycles. The molecule has 0 radical (unpaired) electrons. The van der Waals surface area contributed by atoms with Gasteiger partial charge in [-0.05, 0) is 48.2 Å². The highest BCUT2D eigenvalue weighted by Crippen LogP contribution is 2.33. The number of methoxy groups -OCH3 is 2. The van der Waals surface area contributed by atoms with Crippen LogP contribution in [0.3, 0.4) is 0 Å². The van der Waals surface area contributed by atoms with Crippen molar-refractivity contribution in [1.82, 2.24) is 14.9 Å². The molecule has 0 aliphatic carbocycles. The Hall–Kier alpha value is -3.28. The van der Waals surface area contributed by atoms with E-state index >= 15 is 0 Å². The third-order valence-electron chi connectivity index (χ3n) is 5.03. The van der Waals surface area contributed by atoms with Gasteiger partial charge in [-0.2, -0.15) is 0 Å². The van der Waals surface area contributed by atoms with Crippen molar-refractivity contribution in [2.75, 3.05) is 14.2 Å². The number of nitrogens with one attached hydrogen (secondary N) is 1. The second-order valence-electron chi connectivity index (χ2n) is 6.76. The smallest absolute Gasteiger partial charge is 0.270 e. The molecule has 0 bridgehead atoms. The zero-order valence-corrected chi connectivity index (χ0v) is 17.3. The zero-order chi connectivity index (χ0) is 20.8. The van der Waals surface area contributed by atoms with Gasteiger partial charge in [-0.1, -0.05) is 32.0 Å². The first-order chi connectivity index (χ1) is 14.1. The van der Waals surface area contributed by atoms with Gasteiger partial charge in [0.25, 0.3) is 5.91 Å². The summed E-state index contributed by atoms with van der Waals surface area (Å²) in [5, 5.41) is 3.07. The minimum atomic E-state index is -0.118. The topological polar surface area (TPSA) is 65.4 Å². The molecule has 1 aromatic heterocycles. The summed E-state index contributed by atoms with van der Waals surface area (Å²) in [6.45, 7) is 4.14. The van der Waals surface area contributed by atoms with Crippen molar-refractivity contribution in [2.45, 2.75) is 32.7 Å². The summed E-state index contributed by atoms with van der Waals surface area (Å²) in [4.78, 5) is 16.9. The molecule has 3 rings (SSSR count). The Labute approximate surface area is 171 Å². The van der Waals surface area contributed by atoms with Crippen LogP contribution in [0.25, 0.3) is 16.8 Å². The molecule has 1 amide bonds. The van der Waals surface area contributed by atoms with E-state index in [9.17, 15) is 4.79 Å². The number of ether oxygens (including phenoxy) is 2. The fourth-order valence-corrected chi connectivity index (χ4v) is 3.27. The summed E-state index contributed by atoms with van der Waals surface area (Å²) in [5.41, 5.74) is 3.38. The molecule has 6 heteroatoms. The molecular weight excluding hydrogens is 366 g/mol. The summed E-state index contributed by atoms with van der Waals surface area (Å²) >= 11 is 0. The summed E-state index contributed by atoms with van der Waals surface area (Å²) in [6.07, 6.45) is 5.05. The number of imidazole rings is 1. The Kier molecular flexibility index (Phi) is 6.54. The first kappa shape index (κ1) is 20.5. The normalized spacial score (nSPS) is 10.8. The molecule has 1 N–H and O–H groups in total. The van der Waals surface area contributed by atoms with E-state index in [1.165, 1.54) is 0 Å². The number of rotatable bonds is 8. The average molecular weight is 393 g/mol. The van der Waals surface area contributed by atoms with E-state index < -0.39 is 0 Å². The number of benzene rings is 2. The summed E-state index contributed by atoms with van der Waals surface area (Å²) in [5.74, 6) is 1.23. The van der Waals surface area contributed by atoms with Crippen LogP contribution in [0, 0.1) is 0 Å². The van der Waals surface area contributed by atoms with Crippen LogP contribution >= 0.6 is 0 Å². The lowest BCUT2D eigenvalue weighted by molar-refractivity contribution is 0.0928. The van der Waals surface area contributed by atoms with Crippen LogP contribution in [0.15, 0.2) is 55.0 Å². The highest BCUT2D eigenvalue weighted by atomic mass is 16.5. The molecule has 29 heavy (non-hydrogen) atoms. The minimum Gasteiger partial charge on any atom is -0.493 e. The van der Waals surface area contributed by atoms with Gasteiger partial charge in [-0.3, -0.25) is 9.36 Å². The largest absolute Gasteiger partial charge is 0.493 e. The van der Waals surface area contributed by atoms with Crippen molar-refractivity contribution < 1.29 is 14.3 Å². The third-order valence-corrected chi connectivity index (χ3v) is 5.03. The van der Waals surface area contributed by atoms with E-state index in [1.54, 1.807) is 26.7 Å². The predicted molar refractivity (Wildman–Crippen MR) is 114 cm³/mol. The Morgan fingerprint density at radius 2 is 1.76 bits per heavy atom. The molecule has 0 aliphatic heterocycles. The van der Waals surface area contributed by atoms with Gasteiger partial charge in [-0.25, -0.2) is 4.98 Å². The molecule has 152 valence electrons. The highest BCUT2D eigenvalue weighted by Gasteiger charge is 2.16. The van der Waals surface area contributed by atoms with Crippen LogP contribution < -0.4 is 14.8 Å². The number of carbonyl (C=O) groups excluding carboxylic acids is 1. The molecule has 0 saturated carbocycles. The minimum absolute atomic E-state index is 0.118. The van der Waals surface area contributed by atoms with E-state index in [4.69, 9.17) is 9.47 Å². The molecule has 3 aromatic rings. The van der Waals surface area contributed by atoms with Crippen molar-refractivity contribution >= 4 is 5.91 Å². The van der Waals surface area contributed by atoms with Crippen molar-refractivity contribution in [2.24, 2.45) is 0 Å². The second kappa shape index (κ2) is 9.28. The van der Waals surface area contributed by atoms with Crippen molar-refractivity contribution in [3.8, 4) is 28.3 Å². The Bertz CT molecular complexity index is 977. The van der Waals surface area contributed by atoms with E-state index in [0.29, 0.717) is 17.2 Å². The van der Waals surface area contributed by atoms with Gasteiger partial charge in [0.05, 0.1) is 26.7 Å². The quantitative estimate of drug-likeness (QED) is 0.613. The van der Waals surface area contributed by atoms with Crippen LogP contribution in [0.1, 0.15) is 37.2 Å². The highest BCUT2D eigenvalue weighted by molar-refractivity contribution is 5.93. The molecule has 0 unspecified atom stereocenters. The van der Waals surface area contributed by atoms with E-state index in [1.807, 2.05) is 47.0 Å². The molecular formula is C23H27N3O3. The Morgan fingerprint density at radius 1 is 1.03 bits per heavy atom. The van der Waals surface area contributed by atoms with Crippen LogP contribution in [0.5, 0.6) is 11.5 Å². The van der Waals surface area contributed by atoms with Gasteiger partial charge in [0, 0.05) is 11.7 Å². The van der Waals surface area contributed by atoms with Crippen molar-refractivity contribution in [3.63, 3.8) is 0 Å². The lowest BCUT2D eigenvalue weighted by Gasteiger charge is -2.16. The maximum atomic E-state index is 12.7. The molecule has 0 spiro atoms. The maximum Gasteiger partial charge on any atom is 0.270 e. The SMILES string of the molecule is CCC(CC)NC(=O)c1cncn1-c1cccc(-c2ccc(OC)c(OC)c2)c1. The van der Waals surface area contributed by atoms with Gasteiger partial charge in [-0.15, -0.1) is 0 Å². The standard InChI is InChI=1S/C23H27N3O3/c1-5-18(6-2)25-23(27)20-14-24-15-26(20)19-9-7-8-16(12-19)17-10-11-21(28-3)22(13-17)29-4/h7-15,18H,5-6H2,1-4H3,(H,25,27). The summed E-state index contributed by atoms with van der Waals surface area (Å²) in [6, 6.07) is 13.9. The first-order valence-electron chi connectivity index (χ1n) is 9.77. The number of aromatic nitrogens is 2. The predicted octanol–water partition coefficient (Wildman–Crippen LogP) is 4.47. The van der Waals surface area contributed by atoms with E-state index in [2.05, 4.69) is 24.1 Å². The zero-order valence-electron chi connectivity index (χ0n) is 17.3. The lowest BCUT2D eigenvalue weighted by Crippen LogP contribution is -2.34. The van der Waals surface area contributed by atoms with Crippen molar-refractivity contribution in [3.05, 3.63) is 60.7 Å². The molecule has 6 nitrogen and oxygen atoms in total. The molecule has 0 atom stereocenters. The first-order valence-corrected chi connectivity index (χ1v) is 9.77. The van der Waals surface area contributed by atoms with Gasteiger partial charge in [0.1, 0.15) is 5.69 Å². The molecule has 0 saturated heterocycles. The van der Waals surface area contributed by atoms with E-state index in [-0.39, 0.29) is 11.9 Å². The third kappa shape index (κ3) is 4.42. The monoisotopic (exact) mass is 393 g/mol. The maximum absolute atomic E-state index is 12.7. The van der Waals surface area contributed by atoms with Gasteiger partial charge >= 0.3 is 0 Å². The number of carbonyl (C=O) groups is 1. The van der Waals surface area contributed by atoms with Crippen molar-refractivity contribution in [1.29, 1.82) is 0 Å². The fourth-order valence-electron chi connectivity index (χ4n) is 3.27. The molecule has 0 fully saturated rings. The second-order valence-corrected chi connectivity index (χ2v) is 6.76. The van der Waals surface area contributed by atoms with Gasteiger partial charge < -0.3 is 14.8 Å². The lowest BCUT2D eigenvalue weighted by atomic mass is 10.0. The van der Waals surface area contributed by atoms with Gasteiger partial charge in [0.2, 0.25) is 0 Å². The number of nitrogens with zero attached hydrogens (tertiary/aromatic N) is 2. The fraction of sp³-hybridized carbons (Fsp3) is 0.304. The average Bonchev–Trinajstić information content (AvgIpc) is 3.27. The van der Waals surface area contributed by atoms with Gasteiger partial charge in [0.15, 0.2) is 11.5 Å². The number of hydrogen-bond donors (Lipinski definition) is 1. The molecule has 1 heterocycles. The van der Waals surface area contributed by atoms with Crippen LogP contribution in [-0.2, 0) is 0 Å². The number of amides is 1. The number of hydrogen-bond acceptors (Lipinski definition) is 4. The van der Waals surface area contributed by atoms with Crippen LogP contribution in [0.2, 0.25) is 0 Å². The van der Waals surface area contributed by atoms with Crippen LogP contribution in [-0.4, -0.2) is 35.7 Å². The Balaban J connectivity index is 1.94. The summed E-state index contributed by atoms with van der Waals surface area (Å²) < 4.78 is 12.5.